The fourth-order valence-electron chi connectivity index (χ4n) is 5.95. The first kappa shape index (κ1) is 26.0. The molecule has 0 atom stereocenters. The van der Waals surface area contributed by atoms with Crippen molar-refractivity contribution in [1.82, 2.24) is 4.90 Å². The molecule has 3 heteroatoms. The van der Waals surface area contributed by atoms with Crippen molar-refractivity contribution in [1.29, 1.82) is 0 Å². The smallest absolute Gasteiger partial charge is 0.248 e. The fourth-order valence-corrected chi connectivity index (χ4v) is 5.95. The van der Waals surface area contributed by atoms with Gasteiger partial charge in [0.2, 0.25) is 5.91 Å². The summed E-state index contributed by atoms with van der Waals surface area (Å²) in [7, 11) is 1.86. The van der Waals surface area contributed by atoms with Gasteiger partial charge >= 0.3 is 0 Å². The van der Waals surface area contributed by atoms with E-state index in [-0.39, 0.29) is 5.91 Å². The van der Waals surface area contributed by atoms with Crippen molar-refractivity contribution in [3.63, 3.8) is 0 Å². The Labute approximate surface area is 203 Å². The van der Waals surface area contributed by atoms with Gasteiger partial charge in [0.05, 0.1) is 6.10 Å². The molecule has 1 aromatic rings. The van der Waals surface area contributed by atoms with Gasteiger partial charge in [0, 0.05) is 25.8 Å². The minimum absolute atomic E-state index is 0.0503. The van der Waals surface area contributed by atoms with Crippen LogP contribution in [0.3, 0.4) is 0 Å². The molecule has 0 radical (unpaired) electrons. The second-order valence-corrected chi connectivity index (χ2v) is 10.7. The number of benzene rings is 1. The first-order valence-corrected chi connectivity index (χ1v) is 13.6. The minimum Gasteiger partial charge on any atom is -0.378 e. The summed E-state index contributed by atoms with van der Waals surface area (Å²) >= 11 is 0. The Morgan fingerprint density at radius 2 is 1.58 bits per heavy atom. The van der Waals surface area contributed by atoms with E-state index < -0.39 is 0 Å². The van der Waals surface area contributed by atoms with Crippen LogP contribution in [0.5, 0.6) is 0 Å². The summed E-state index contributed by atoms with van der Waals surface area (Å²) in [6.07, 6.45) is 15.8. The zero-order chi connectivity index (χ0) is 23.6. The summed E-state index contributed by atoms with van der Waals surface area (Å²) in [5, 5.41) is 0. The zero-order valence-corrected chi connectivity index (χ0v) is 21.5. The maximum Gasteiger partial charge on any atom is 0.248 e. The van der Waals surface area contributed by atoms with Crippen molar-refractivity contribution in [2.75, 3.05) is 20.2 Å². The molecule has 0 spiro atoms. The topological polar surface area (TPSA) is 29.5 Å². The summed E-state index contributed by atoms with van der Waals surface area (Å²) in [5.41, 5.74) is 3.52. The third kappa shape index (κ3) is 7.98. The lowest BCUT2D eigenvalue weighted by atomic mass is 9.69. The molecule has 0 unspecified atom stereocenters. The lowest BCUT2D eigenvalue weighted by molar-refractivity contribution is -0.125. The summed E-state index contributed by atoms with van der Waals surface area (Å²) in [6.45, 7) is 9.50. The Morgan fingerprint density at radius 3 is 2.15 bits per heavy atom. The number of likely N-dealkylation sites (N-methyl/N-ethyl adjacent to an activating group) is 1. The first-order valence-electron chi connectivity index (χ1n) is 13.6. The molecule has 1 amide bonds. The molecular weight excluding hydrogens is 406 g/mol. The van der Waals surface area contributed by atoms with E-state index in [0.29, 0.717) is 11.7 Å². The van der Waals surface area contributed by atoms with Crippen molar-refractivity contribution in [2.45, 2.75) is 103 Å². The van der Waals surface area contributed by atoms with Gasteiger partial charge in [-0.3, -0.25) is 4.79 Å². The highest BCUT2D eigenvalue weighted by Crippen LogP contribution is 2.43. The molecule has 2 fully saturated rings. The van der Waals surface area contributed by atoms with Crippen molar-refractivity contribution in [3.05, 3.63) is 47.5 Å². The molecule has 33 heavy (non-hydrogen) atoms. The van der Waals surface area contributed by atoms with Gasteiger partial charge in [-0.15, -0.1) is 0 Å². The fraction of sp³-hybridized carbons (Fsp3) is 0.700. The lowest BCUT2D eigenvalue weighted by Crippen LogP contribution is -2.28. The van der Waals surface area contributed by atoms with Gasteiger partial charge in [0.15, 0.2) is 0 Å². The van der Waals surface area contributed by atoms with Crippen molar-refractivity contribution >= 4 is 5.91 Å². The van der Waals surface area contributed by atoms with E-state index >= 15 is 0 Å². The molecule has 0 saturated heterocycles. The van der Waals surface area contributed by atoms with Gasteiger partial charge in [-0.05, 0) is 106 Å². The molecule has 0 N–H and O–H groups in total. The number of unbranched alkanes of at least 4 members (excludes halogenated alkanes) is 1. The van der Waals surface area contributed by atoms with Gasteiger partial charge in [-0.25, -0.2) is 0 Å². The summed E-state index contributed by atoms with van der Waals surface area (Å²) in [4.78, 5) is 13.7. The number of carbonyl (C=O) groups is 1. The van der Waals surface area contributed by atoms with Crippen LogP contribution in [0, 0.1) is 11.8 Å². The highest BCUT2D eigenvalue weighted by molar-refractivity contribution is 5.91. The van der Waals surface area contributed by atoms with E-state index in [1.807, 2.05) is 7.05 Å². The third-order valence-electron chi connectivity index (χ3n) is 8.13. The van der Waals surface area contributed by atoms with Crippen LogP contribution in [0.1, 0.15) is 102 Å². The molecule has 0 aliphatic heterocycles. The standard InChI is InChI=1S/C30H47NO2/c1-5-6-22-33-29-19-17-28(18-20-29)27-15-13-26(14-16-27)25-11-9-24(10-12-25)8-7-21-31(4)30(32)23(2)3/h9-12,26-29H,2,5-8,13-22H2,1,3-4H3. The molecule has 1 aromatic carbocycles. The van der Waals surface area contributed by atoms with Gasteiger partial charge < -0.3 is 9.64 Å². The van der Waals surface area contributed by atoms with Crippen LogP contribution in [0.15, 0.2) is 36.4 Å². The molecule has 2 saturated carbocycles. The maximum absolute atomic E-state index is 11.9. The normalized spacial score (nSPS) is 25.5. The number of carbonyl (C=O) groups excluding carboxylic acids is 1. The van der Waals surface area contributed by atoms with E-state index in [1.165, 1.54) is 75.3 Å². The van der Waals surface area contributed by atoms with Crippen LogP contribution in [0.2, 0.25) is 0 Å². The molecule has 2 aliphatic rings. The van der Waals surface area contributed by atoms with E-state index in [1.54, 1.807) is 11.8 Å². The Morgan fingerprint density at radius 1 is 0.970 bits per heavy atom. The van der Waals surface area contributed by atoms with Crippen LogP contribution in [-0.4, -0.2) is 37.1 Å². The largest absolute Gasteiger partial charge is 0.378 e. The Hall–Kier alpha value is -1.61. The molecular formula is C30H47NO2. The summed E-state index contributed by atoms with van der Waals surface area (Å²) in [6, 6.07) is 9.34. The average Bonchev–Trinajstić information content (AvgIpc) is 2.84. The molecule has 0 bridgehead atoms. The Kier molecular flexibility index (Phi) is 10.5. The van der Waals surface area contributed by atoms with Gasteiger partial charge in [-0.1, -0.05) is 44.2 Å². The maximum atomic E-state index is 11.9. The summed E-state index contributed by atoms with van der Waals surface area (Å²) in [5.74, 6) is 2.67. The van der Waals surface area contributed by atoms with Gasteiger partial charge in [-0.2, -0.15) is 0 Å². The zero-order valence-electron chi connectivity index (χ0n) is 21.5. The SMILES string of the molecule is C=C(C)C(=O)N(C)CCCc1ccc(C2CCC(C3CCC(OCCCC)CC3)CC2)cc1. The third-order valence-corrected chi connectivity index (χ3v) is 8.13. The average molecular weight is 454 g/mol. The van der Waals surface area contributed by atoms with E-state index in [0.717, 1.165) is 43.7 Å². The number of nitrogens with zero attached hydrogens (tertiary/aromatic N) is 1. The first-order chi connectivity index (χ1) is 16.0. The number of hydrogen-bond acceptors (Lipinski definition) is 2. The van der Waals surface area contributed by atoms with Crippen molar-refractivity contribution < 1.29 is 9.53 Å². The minimum atomic E-state index is 0.0503. The van der Waals surface area contributed by atoms with Gasteiger partial charge in [0.1, 0.15) is 0 Å². The van der Waals surface area contributed by atoms with Crippen LogP contribution >= 0.6 is 0 Å². The number of hydrogen-bond donors (Lipinski definition) is 0. The Bertz CT molecular complexity index is 724. The monoisotopic (exact) mass is 453 g/mol. The lowest BCUT2D eigenvalue weighted by Gasteiger charge is -2.38. The van der Waals surface area contributed by atoms with Crippen LogP contribution in [0.25, 0.3) is 0 Å². The van der Waals surface area contributed by atoms with E-state index in [2.05, 4.69) is 37.8 Å². The van der Waals surface area contributed by atoms with E-state index in [9.17, 15) is 4.79 Å². The highest BCUT2D eigenvalue weighted by Gasteiger charge is 2.31. The quantitative estimate of drug-likeness (QED) is 0.260. The predicted octanol–water partition coefficient (Wildman–Crippen LogP) is 7.30. The van der Waals surface area contributed by atoms with Crippen LogP contribution in [-0.2, 0) is 16.0 Å². The van der Waals surface area contributed by atoms with Crippen LogP contribution in [0.4, 0.5) is 0 Å². The number of ether oxygens (including phenoxy) is 1. The molecule has 0 aromatic heterocycles. The van der Waals surface area contributed by atoms with Crippen molar-refractivity contribution in [3.8, 4) is 0 Å². The van der Waals surface area contributed by atoms with Gasteiger partial charge in [0.25, 0.3) is 0 Å². The Balaban J connectivity index is 1.36. The molecule has 2 aliphatic carbocycles. The summed E-state index contributed by atoms with van der Waals surface area (Å²) < 4.78 is 6.08. The molecule has 0 heterocycles. The second kappa shape index (κ2) is 13.3. The van der Waals surface area contributed by atoms with E-state index in [4.69, 9.17) is 4.74 Å². The predicted molar refractivity (Wildman–Crippen MR) is 139 cm³/mol. The molecule has 3 rings (SSSR count). The number of amides is 1. The molecule has 3 nitrogen and oxygen atoms in total. The van der Waals surface area contributed by atoms with Crippen LogP contribution < -0.4 is 0 Å². The number of rotatable bonds is 11. The second-order valence-electron chi connectivity index (χ2n) is 10.7. The highest BCUT2D eigenvalue weighted by atomic mass is 16.5. The van der Waals surface area contributed by atoms with Crippen molar-refractivity contribution in [2.24, 2.45) is 11.8 Å². The molecule has 184 valence electrons. The number of aryl methyl sites for hydroxylation is 1.